The van der Waals surface area contributed by atoms with Crippen molar-refractivity contribution in [3.8, 4) is 0 Å². The second-order valence-electron chi connectivity index (χ2n) is 3.99. The Balaban J connectivity index is 3.36. The molecule has 0 atom stereocenters. The van der Waals surface area contributed by atoms with Crippen molar-refractivity contribution in [3.63, 3.8) is 0 Å². The molecular formula is C11H12ClFO4S. The molecule has 0 saturated heterocycles. The molecule has 0 N–H and O–H groups in total. The molecule has 4 nitrogen and oxygen atoms in total. The van der Waals surface area contributed by atoms with Gasteiger partial charge in [-0.15, -0.1) is 0 Å². The number of ether oxygens (including phenoxy) is 1. The Kier molecular flexibility index (Phi) is 4.34. The lowest BCUT2D eigenvalue weighted by molar-refractivity contribution is 0.0372. The van der Waals surface area contributed by atoms with Crippen LogP contribution in [0.3, 0.4) is 0 Å². The summed E-state index contributed by atoms with van der Waals surface area (Å²) in [4.78, 5) is 11.3. The molecule has 0 aliphatic heterocycles. The zero-order chi connectivity index (χ0) is 14.1. The van der Waals surface area contributed by atoms with Gasteiger partial charge in [-0.25, -0.2) is 17.6 Å². The minimum Gasteiger partial charge on any atom is -0.459 e. The number of rotatable bonds is 3. The van der Waals surface area contributed by atoms with E-state index >= 15 is 0 Å². The third-order valence-corrected chi connectivity index (χ3v) is 3.41. The summed E-state index contributed by atoms with van der Waals surface area (Å²) in [5.41, 5.74) is -0.435. The van der Waals surface area contributed by atoms with E-state index in [0.29, 0.717) is 0 Å². The Morgan fingerprint density at radius 2 is 1.94 bits per heavy atom. The number of carbonyl (C=O) groups is 1. The largest absolute Gasteiger partial charge is 0.459 e. The first-order chi connectivity index (χ1) is 8.12. The zero-order valence-corrected chi connectivity index (χ0v) is 11.6. The van der Waals surface area contributed by atoms with Gasteiger partial charge in [0.25, 0.3) is 9.05 Å². The molecule has 0 bridgehead atoms. The third kappa shape index (κ3) is 3.43. The fourth-order valence-electron chi connectivity index (χ4n) is 1.30. The van der Waals surface area contributed by atoms with Gasteiger partial charge in [0.15, 0.2) is 0 Å². The minimum atomic E-state index is -4.03. The van der Waals surface area contributed by atoms with Crippen LogP contribution < -0.4 is 0 Å². The number of aryl methyl sites for hydroxylation is 1. The molecule has 0 spiro atoms. The van der Waals surface area contributed by atoms with Gasteiger partial charge in [-0.2, -0.15) is 0 Å². The van der Waals surface area contributed by atoms with Gasteiger partial charge in [-0.3, -0.25) is 0 Å². The second-order valence-corrected chi connectivity index (χ2v) is 6.56. The molecule has 1 rings (SSSR count). The lowest BCUT2D eigenvalue weighted by Crippen LogP contribution is -2.14. The Morgan fingerprint density at radius 3 is 2.39 bits per heavy atom. The van der Waals surface area contributed by atoms with Gasteiger partial charge in [0.1, 0.15) is 5.82 Å². The van der Waals surface area contributed by atoms with Crippen LogP contribution in [0.1, 0.15) is 29.8 Å². The number of benzene rings is 1. The van der Waals surface area contributed by atoms with E-state index in [4.69, 9.17) is 15.4 Å². The smallest absolute Gasteiger partial charge is 0.341 e. The highest BCUT2D eigenvalue weighted by Gasteiger charge is 2.21. The van der Waals surface area contributed by atoms with Crippen molar-refractivity contribution in [3.05, 3.63) is 29.1 Å². The standard InChI is InChI=1S/C11H12ClFO4S/c1-6(2)17-11(14)9-5-8(18(12,15)16)4-7(3)10(9)13/h4-6H,1-3H3. The predicted octanol–water partition coefficient (Wildman–Crippen LogP) is 2.63. The first kappa shape index (κ1) is 14.9. The fraction of sp³-hybridized carbons (Fsp3) is 0.364. The lowest BCUT2D eigenvalue weighted by Gasteiger charge is -2.10. The number of hydrogen-bond donors (Lipinski definition) is 0. The van der Waals surface area contributed by atoms with Crippen molar-refractivity contribution in [1.29, 1.82) is 0 Å². The number of esters is 1. The Labute approximate surface area is 109 Å². The van der Waals surface area contributed by atoms with Gasteiger partial charge in [0, 0.05) is 10.7 Å². The summed E-state index contributed by atoms with van der Waals surface area (Å²) in [6.45, 7) is 4.54. The summed E-state index contributed by atoms with van der Waals surface area (Å²) in [5, 5.41) is 0. The van der Waals surface area contributed by atoms with Crippen molar-refractivity contribution in [2.45, 2.75) is 31.8 Å². The van der Waals surface area contributed by atoms with E-state index in [-0.39, 0.29) is 10.5 Å². The highest BCUT2D eigenvalue weighted by atomic mass is 35.7. The normalized spacial score (nSPS) is 11.7. The predicted molar refractivity (Wildman–Crippen MR) is 64.7 cm³/mol. The number of hydrogen-bond acceptors (Lipinski definition) is 4. The average Bonchev–Trinajstić information content (AvgIpc) is 2.18. The summed E-state index contributed by atoms with van der Waals surface area (Å²) < 4.78 is 40.9. The van der Waals surface area contributed by atoms with Gasteiger partial charge in [-0.1, -0.05) is 0 Å². The Bertz CT molecular complexity index is 581. The molecule has 0 aliphatic carbocycles. The number of carbonyl (C=O) groups excluding carboxylic acids is 1. The third-order valence-electron chi connectivity index (χ3n) is 2.07. The van der Waals surface area contributed by atoms with Crippen molar-refractivity contribution < 1.29 is 22.3 Å². The van der Waals surface area contributed by atoms with Crippen LogP contribution in [0.4, 0.5) is 4.39 Å². The van der Waals surface area contributed by atoms with E-state index in [1.807, 2.05) is 0 Å². The van der Waals surface area contributed by atoms with Crippen LogP contribution >= 0.6 is 10.7 Å². The SMILES string of the molecule is Cc1cc(S(=O)(=O)Cl)cc(C(=O)OC(C)C)c1F. The van der Waals surface area contributed by atoms with E-state index in [0.717, 1.165) is 12.1 Å². The highest BCUT2D eigenvalue weighted by Crippen LogP contribution is 2.22. The summed E-state index contributed by atoms with van der Waals surface area (Å²) in [6.07, 6.45) is -0.437. The van der Waals surface area contributed by atoms with Crippen LogP contribution in [0.5, 0.6) is 0 Å². The summed E-state index contributed by atoms with van der Waals surface area (Å²) in [5.74, 6) is -1.74. The second kappa shape index (κ2) is 5.24. The van der Waals surface area contributed by atoms with Crippen LogP contribution in [0.15, 0.2) is 17.0 Å². The first-order valence-electron chi connectivity index (χ1n) is 5.08. The van der Waals surface area contributed by atoms with E-state index < -0.39 is 32.5 Å². The van der Waals surface area contributed by atoms with Crippen LogP contribution in [0.25, 0.3) is 0 Å². The molecule has 0 amide bonds. The number of halogens is 2. The van der Waals surface area contributed by atoms with Crippen LogP contribution in [-0.2, 0) is 13.8 Å². The first-order valence-corrected chi connectivity index (χ1v) is 7.39. The van der Waals surface area contributed by atoms with Crippen LogP contribution in [-0.4, -0.2) is 20.5 Å². The van der Waals surface area contributed by atoms with Gasteiger partial charge in [0.2, 0.25) is 0 Å². The molecule has 1 aromatic rings. The molecule has 0 heterocycles. The van der Waals surface area contributed by atoms with Gasteiger partial charge >= 0.3 is 5.97 Å². The maximum atomic E-state index is 13.7. The molecule has 100 valence electrons. The molecule has 0 saturated carbocycles. The topological polar surface area (TPSA) is 60.4 Å². The monoisotopic (exact) mass is 294 g/mol. The van der Waals surface area contributed by atoms with Crippen molar-refractivity contribution >= 4 is 25.7 Å². The Hall–Kier alpha value is -1.14. The van der Waals surface area contributed by atoms with E-state index in [2.05, 4.69) is 0 Å². The van der Waals surface area contributed by atoms with E-state index in [9.17, 15) is 17.6 Å². The molecular weight excluding hydrogens is 283 g/mol. The minimum absolute atomic E-state index is 0.00688. The quantitative estimate of drug-likeness (QED) is 0.635. The molecule has 0 radical (unpaired) electrons. The Morgan fingerprint density at radius 1 is 1.39 bits per heavy atom. The van der Waals surface area contributed by atoms with Crippen molar-refractivity contribution in [2.24, 2.45) is 0 Å². The summed E-state index contributed by atoms with van der Waals surface area (Å²) in [7, 11) is 1.13. The van der Waals surface area contributed by atoms with Gasteiger partial charge < -0.3 is 4.74 Å². The molecule has 0 aliphatic rings. The van der Waals surface area contributed by atoms with E-state index in [1.54, 1.807) is 13.8 Å². The zero-order valence-electron chi connectivity index (χ0n) is 10.0. The molecule has 7 heteroatoms. The molecule has 0 aromatic heterocycles. The molecule has 18 heavy (non-hydrogen) atoms. The highest BCUT2D eigenvalue weighted by molar-refractivity contribution is 8.13. The molecule has 0 fully saturated rings. The van der Waals surface area contributed by atoms with Crippen LogP contribution in [0.2, 0.25) is 0 Å². The van der Waals surface area contributed by atoms with E-state index in [1.165, 1.54) is 6.92 Å². The maximum Gasteiger partial charge on any atom is 0.341 e. The van der Waals surface area contributed by atoms with Crippen LogP contribution in [0, 0.1) is 12.7 Å². The summed E-state index contributed by atoms with van der Waals surface area (Å²) in [6, 6.07) is 1.93. The molecule has 0 unspecified atom stereocenters. The fourth-order valence-corrected chi connectivity index (χ4v) is 2.15. The van der Waals surface area contributed by atoms with Gasteiger partial charge in [-0.05, 0) is 38.5 Å². The maximum absolute atomic E-state index is 13.7. The van der Waals surface area contributed by atoms with Crippen molar-refractivity contribution in [1.82, 2.24) is 0 Å². The summed E-state index contributed by atoms with van der Waals surface area (Å²) >= 11 is 0. The molecule has 1 aromatic carbocycles. The lowest BCUT2D eigenvalue weighted by atomic mass is 10.1. The average molecular weight is 295 g/mol. The van der Waals surface area contributed by atoms with Crippen molar-refractivity contribution in [2.75, 3.05) is 0 Å². The van der Waals surface area contributed by atoms with Gasteiger partial charge in [0.05, 0.1) is 16.6 Å².